The molecule has 1 fully saturated rings. The Kier molecular flexibility index (Phi) is 5.54. The Balaban J connectivity index is 1.77. The van der Waals surface area contributed by atoms with Gasteiger partial charge in [0, 0.05) is 19.0 Å². The molecule has 0 bridgehead atoms. The maximum atomic E-state index is 13.3. The third-order valence-electron chi connectivity index (χ3n) is 5.03. The van der Waals surface area contributed by atoms with Gasteiger partial charge in [-0.05, 0) is 31.2 Å². The molecular weight excluding hydrogens is 338 g/mol. The van der Waals surface area contributed by atoms with Gasteiger partial charge in [0.1, 0.15) is 6.10 Å². The molecule has 1 aliphatic carbocycles. The van der Waals surface area contributed by atoms with Crippen molar-refractivity contribution in [3.05, 3.63) is 34.1 Å². The molecular formula is C18H25N3O3S. The maximum Gasteiger partial charge on any atom is 0.246 e. The van der Waals surface area contributed by atoms with Crippen molar-refractivity contribution < 1.29 is 14.1 Å². The summed E-state index contributed by atoms with van der Waals surface area (Å²) < 4.78 is 10.5. The van der Waals surface area contributed by atoms with Gasteiger partial charge in [-0.1, -0.05) is 30.5 Å². The minimum Gasteiger partial charge on any atom is -0.374 e. The molecule has 1 atom stereocenters. The molecule has 0 aromatic carbocycles. The van der Waals surface area contributed by atoms with Crippen LogP contribution in [0.1, 0.15) is 61.7 Å². The number of likely N-dealkylation sites (N-methyl/N-ethyl adjacent to an activating group) is 1. The molecule has 136 valence electrons. The van der Waals surface area contributed by atoms with Crippen LogP contribution in [-0.2, 0) is 21.5 Å². The van der Waals surface area contributed by atoms with Crippen LogP contribution in [0, 0.1) is 0 Å². The second-order valence-electron chi connectivity index (χ2n) is 6.71. The topological polar surface area (TPSA) is 68.5 Å². The van der Waals surface area contributed by atoms with E-state index in [1.165, 1.54) is 11.3 Å². The summed E-state index contributed by atoms with van der Waals surface area (Å²) in [5, 5.41) is 5.98. The van der Waals surface area contributed by atoms with Crippen molar-refractivity contribution in [1.82, 2.24) is 15.0 Å². The van der Waals surface area contributed by atoms with Crippen LogP contribution in [-0.4, -0.2) is 35.1 Å². The fraction of sp³-hybridized carbons (Fsp3) is 0.611. The van der Waals surface area contributed by atoms with E-state index in [4.69, 9.17) is 9.26 Å². The lowest BCUT2D eigenvalue weighted by Gasteiger charge is -2.37. The van der Waals surface area contributed by atoms with Crippen molar-refractivity contribution in [3.8, 4) is 0 Å². The van der Waals surface area contributed by atoms with E-state index in [-0.39, 0.29) is 12.0 Å². The lowest BCUT2D eigenvalue weighted by molar-refractivity contribution is -0.138. The van der Waals surface area contributed by atoms with E-state index in [1.807, 2.05) is 20.0 Å². The summed E-state index contributed by atoms with van der Waals surface area (Å²) in [6, 6.07) is 4.12. The normalized spacial score (nSPS) is 18.0. The van der Waals surface area contributed by atoms with Gasteiger partial charge in [0.2, 0.25) is 11.8 Å². The highest BCUT2D eigenvalue weighted by Crippen LogP contribution is 2.43. The van der Waals surface area contributed by atoms with E-state index in [9.17, 15) is 4.79 Å². The van der Waals surface area contributed by atoms with E-state index in [0.29, 0.717) is 18.3 Å². The van der Waals surface area contributed by atoms with E-state index in [1.54, 1.807) is 23.3 Å². The molecule has 6 nitrogen and oxygen atoms in total. The first-order chi connectivity index (χ1) is 12.1. The third kappa shape index (κ3) is 3.62. The third-order valence-corrected chi connectivity index (χ3v) is 6.10. The van der Waals surface area contributed by atoms with Crippen molar-refractivity contribution in [2.45, 2.75) is 57.1 Å². The number of hydrogen-bond acceptors (Lipinski definition) is 6. The Morgan fingerprint density at radius 1 is 1.44 bits per heavy atom. The summed E-state index contributed by atoms with van der Waals surface area (Å²) in [4.78, 5) is 20.6. The van der Waals surface area contributed by atoms with Crippen molar-refractivity contribution in [2.75, 3.05) is 14.2 Å². The summed E-state index contributed by atoms with van der Waals surface area (Å²) in [6.07, 6.45) is 4.97. The Morgan fingerprint density at radius 2 is 2.20 bits per heavy atom. The Labute approximate surface area is 152 Å². The number of ether oxygens (including phenoxy) is 1. The lowest BCUT2D eigenvalue weighted by Crippen LogP contribution is -2.45. The van der Waals surface area contributed by atoms with E-state index in [2.05, 4.69) is 21.6 Å². The molecule has 1 saturated carbocycles. The average molecular weight is 363 g/mol. The zero-order chi connectivity index (χ0) is 17.9. The zero-order valence-electron chi connectivity index (χ0n) is 15.0. The monoisotopic (exact) mass is 363 g/mol. The average Bonchev–Trinajstić information content (AvgIpc) is 3.33. The van der Waals surface area contributed by atoms with Crippen LogP contribution in [0.3, 0.4) is 0 Å². The standard InChI is InChI=1S/C18H25N3O3S/c1-13(23-3)16-19-15(24-20-16)12-21(2)17(22)18(9-5-4-6-10-18)14-8-7-11-25-14/h7-8,11,13H,4-6,9-10,12H2,1-3H3. The Hall–Kier alpha value is -1.73. The highest BCUT2D eigenvalue weighted by molar-refractivity contribution is 7.10. The van der Waals surface area contributed by atoms with Crippen molar-refractivity contribution in [2.24, 2.45) is 0 Å². The van der Waals surface area contributed by atoms with Crippen LogP contribution < -0.4 is 0 Å². The first-order valence-corrected chi connectivity index (χ1v) is 9.59. The van der Waals surface area contributed by atoms with Gasteiger partial charge in [0.15, 0.2) is 5.82 Å². The van der Waals surface area contributed by atoms with Crippen molar-refractivity contribution in [1.29, 1.82) is 0 Å². The number of nitrogens with zero attached hydrogens (tertiary/aromatic N) is 3. The molecule has 0 spiro atoms. The SMILES string of the molecule is COC(C)c1noc(CN(C)C(=O)C2(c3cccs3)CCCCC2)n1. The van der Waals surface area contributed by atoms with Crippen LogP contribution in [0.2, 0.25) is 0 Å². The van der Waals surface area contributed by atoms with Crippen LogP contribution in [0.4, 0.5) is 0 Å². The molecule has 2 heterocycles. The largest absolute Gasteiger partial charge is 0.374 e. The first-order valence-electron chi connectivity index (χ1n) is 8.71. The van der Waals surface area contributed by atoms with Crippen LogP contribution in [0.5, 0.6) is 0 Å². The number of carbonyl (C=O) groups is 1. The number of thiophene rings is 1. The molecule has 1 amide bonds. The predicted octanol–water partition coefficient (Wildman–Crippen LogP) is 3.70. The van der Waals surface area contributed by atoms with E-state index >= 15 is 0 Å². The molecule has 3 rings (SSSR count). The molecule has 2 aromatic rings. The highest BCUT2D eigenvalue weighted by Gasteiger charge is 2.43. The van der Waals surface area contributed by atoms with Crippen LogP contribution in [0.25, 0.3) is 0 Å². The Bertz CT molecular complexity index is 692. The molecule has 1 aliphatic rings. The van der Waals surface area contributed by atoms with Crippen molar-refractivity contribution >= 4 is 17.2 Å². The fourth-order valence-electron chi connectivity index (χ4n) is 3.51. The second-order valence-corrected chi connectivity index (χ2v) is 7.65. The summed E-state index contributed by atoms with van der Waals surface area (Å²) in [7, 11) is 3.42. The lowest BCUT2D eigenvalue weighted by atomic mass is 9.72. The van der Waals surface area contributed by atoms with Crippen LogP contribution >= 0.6 is 11.3 Å². The number of carbonyl (C=O) groups excluding carboxylic acids is 1. The molecule has 0 N–H and O–H groups in total. The van der Waals surface area contributed by atoms with Gasteiger partial charge >= 0.3 is 0 Å². The van der Waals surface area contributed by atoms with Gasteiger partial charge in [0.25, 0.3) is 0 Å². The first kappa shape index (κ1) is 18.1. The van der Waals surface area contributed by atoms with Gasteiger partial charge < -0.3 is 14.2 Å². The molecule has 0 radical (unpaired) electrons. The summed E-state index contributed by atoms with van der Waals surface area (Å²) >= 11 is 1.68. The minimum atomic E-state index is -0.399. The highest BCUT2D eigenvalue weighted by atomic mass is 32.1. The minimum absolute atomic E-state index is 0.147. The number of hydrogen-bond donors (Lipinski definition) is 0. The number of rotatable bonds is 6. The van der Waals surface area contributed by atoms with Gasteiger partial charge in [-0.3, -0.25) is 4.79 Å². The van der Waals surface area contributed by atoms with Crippen molar-refractivity contribution in [3.63, 3.8) is 0 Å². The predicted molar refractivity (Wildman–Crippen MR) is 95.3 cm³/mol. The molecule has 7 heteroatoms. The number of methoxy groups -OCH3 is 1. The van der Waals surface area contributed by atoms with E-state index < -0.39 is 5.41 Å². The number of amides is 1. The smallest absolute Gasteiger partial charge is 0.246 e. The van der Waals surface area contributed by atoms with Gasteiger partial charge in [-0.25, -0.2) is 0 Å². The van der Waals surface area contributed by atoms with Gasteiger partial charge in [0.05, 0.1) is 12.0 Å². The van der Waals surface area contributed by atoms with Gasteiger partial charge in [-0.2, -0.15) is 4.98 Å². The van der Waals surface area contributed by atoms with Crippen LogP contribution in [0.15, 0.2) is 22.0 Å². The summed E-state index contributed by atoms with van der Waals surface area (Å²) in [5.74, 6) is 1.09. The quantitative estimate of drug-likeness (QED) is 0.783. The summed E-state index contributed by atoms with van der Waals surface area (Å²) in [6.45, 7) is 2.17. The van der Waals surface area contributed by atoms with Gasteiger partial charge in [-0.15, -0.1) is 11.3 Å². The Morgan fingerprint density at radius 3 is 2.84 bits per heavy atom. The molecule has 1 unspecified atom stereocenters. The second kappa shape index (κ2) is 7.66. The van der Waals surface area contributed by atoms with E-state index in [0.717, 1.165) is 25.7 Å². The number of aromatic nitrogens is 2. The molecule has 25 heavy (non-hydrogen) atoms. The summed E-state index contributed by atoms with van der Waals surface area (Å²) in [5.41, 5.74) is -0.399. The molecule has 0 aliphatic heterocycles. The molecule has 2 aromatic heterocycles. The zero-order valence-corrected chi connectivity index (χ0v) is 15.8. The molecule has 0 saturated heterocycles. The maximum absolute atomic E-state index is 13.3. The fourth-order valence-corrected chi connectivity index (χ4v) is 4.49.